The summed E-state index contributed by atoms with van der Waals surface area (Å²) in [6, 6.07) is 9.12. The van der Waals surface area contributed by atoms with E-state index in [2.05, 4.69) is 20.9 Å². The van der Waals surface area contributed by atoms with Gasteiger partial charge in [-0.1, -0.05) is 0 Å². The summed E-state index contributed by atoms with van der Waals surface area (Å²) >= 11 is 4.90. The number of ether oxygens (including phenoxy) is 2. The van der Waals surface area contributed by atoms with Crippen molar-refractivity contribution < 1.29 is 14.3 Å². The minimum Gasteiger partial charge on any atom is -0.497 e. The molecule has 1 aliphatic rings. The summed E-state index contributed by atoms with van der Waals surface area (Å²) < 4.78 is 11.3. The molecule has 6 heteroatoms. The van der Waals surface area contributed by atoms with E-state index in [1.807, 2.05) is 11.4 Å². The van der Waals surface area contributed by atoms with E-state index in [1.165, 1.54) is 11.3 Å². The number of carbonyl (C=O) groups excluding carboxylic acids is 1. The van der Waals surface area contributed by atoms with Crippen molar-refractivity contribution in [3.63, 3.8) is 0 Å². The largest absolute Gasteiger partial charge is 0.497 e. The maximum atomic E-state index is 11.9. The zero-order valence-electron chi connectivity index (χ0n) is 11.0. The number of halogens is 1. The predicted molar refractivity (Wildman–Crippen MR) is 85.6 cm³/mol. The summed E-state index contributed by atoms with van der Waals surface area (Å²) in [5.41, 5.74) is 1.04. The second-order valence-electron chi connectivity index (χ2n) is 4.23. The molecule has 1 aromatic carbocycles. The SMILES string of the molecule is COc1ccc(C2=NC(=Cc3cc(Br)cs3)C(=O)O2)cc1. The number of cyclic esters (lactones) is 1. The van der Waals surface area contributed by atoms with Crippen LogP contribution in [-0.2, 0) is 9.53 Å². The lowest BCUT2D eigenvalue weighted by Gasteiger charge is -2.01. The number of benzene rings is 1. The molecule has 0 saturated carbocycles. The van der Waals surface area contributed by atoms with Crippen LogP contribution in [0.4, 0.5) is 0 Å². The third-order valence-corrected chi connectivity index (χ3v) is 4.46. The van der Waals surface area contributed by atoms with Gasteiger partial charge in [0.25, 0.3) is 0 Å². The van der Waals surface area contributed by atoms with Crippen molar-refractivity contribution in [2.75, 3.05) is 7.11 Å². The van der Waals surface area contributed by atoms with Crippen LogP contribution in [0.15, 0.2) is 50.9 Å². The fraction of sp³-hybridized carbons (Fsp3) is 0.0667. The number of nitrogens with zero attached hydrogens (tertiary/aromatic N) is 1. The minimum absolute atomic E-state index is 0.301. The van der Waals surface area contributed by atoms with Crippen molar-refractivity contribution in [3.8, 4) is 5.75 Å². The van der Waals surface area contributed by atoms with Crippen LogP contribution in [-0.4, -0.2) is 19.0 Å². The highest BCUT2D eigenvalue weighted by Crippen LogP contribution is 2.25. The smallest absolute Gasteiger partial charge is 0.363 e. The lowest BCUT2D eigenvalue weighted by Crippen LogP contribution is -2.05. The highest BCUT2D eigenvalue weighted by atomic mass is 79.9. The van der Waals surface area contributed by atoms with Crippen molar-refractivity contribution in [2.45, 2.75) is 0 Å². The molecule has 2 aromatic rings. The van der Waals surface area contributed by atoms with Gasteiger partial charge in [-0.3, -0.25) is 0 Å². The maximum absolute atomic E-state index is 11.9. The first-order chi connectivity index (χ1) is 10.2. The molecule has 1 aromatic heterocycles. The van der Waals surface area contributed by atoms with E-state index < -0.39 is 5.97 Å². The average molecular weight is 364 g/mol. The molecular formula is C15H10BrNO3S. The predicted octanol–water partition coefficient (Wildman–Crippen LogP) is 3.86. The second-order valence-corrected chi connectivity index (χ2v) is 6.09. The van der Waals surface area contributed by atoms with Crippen molar-refractivity contribution in [2.24, 2.45) is 4.99 Å². The van der Waals surface area contributed by atoms with Gasteiger partial charge < -0.3 is 9.47 Å². The molecular weight excluding hydrogens is 354 g/mol. The summed E-state index contributed by atoms with van der Waals surface area (Å²) in [7, 11) is 1.60. The molecule has 0 saturated heterocycles. The molecule has 0 bridgehead atoms. The highest BCUT2D eigenvalue weighted by Gasteiger charge is 2.24. The van der Waals surface area contributed by atoms with E-state index in [9.17, 15) is 4.79 Å². The van der Waals surface area contributed by atoms with Gasteiger partial charge in [-0.05, 0) is 52.3 Å². The zero-order chi connectivity index (χ0) is 14.8. The Morgan fingerprint density at radius 3 is 2.71 bits per heavy atom. The van der Waals surface area contributed by atoms with E-state index in [0.29, 0.717) is 11.6 Å². The Kier molecular flexibility index (Phi) is 3.90. The molecule has 4 nitrogen and oxygen atoms in total. The van der Waals surface area contributed by atoms with E-state index in [4.69, 9.17) is 9.47 Å². The Balaban J connectivity index is 1.89. The standard InChI is InChI=1S/C15H10BrNO3S/c1-19-11-4-2-9(3-5-11)14-17-13(15(18)20-14)7-12-6-10(16)8-21-12/h2-8H,1H3. The third-order valence-electron chi connectivity index (χ3n) is 2.82. The summed E-state index contributed by atoms with van der Waals surface area (Å²) in [6.45, 7) is 0. The lowest BCUT2D eigenvalue weighted by atomic mass is 10.2. The quantitative estimate of drug-likeness (QED) is 0.614. The summed E-state index contributed by atoms with van der Waals surface area (Å²) in [5.74, 6) is 0.609. The van der Waals surface area contributed by atoms with Gasteiger partial charge in [0.2, 0.25) is 5.90 Å². The van der Waals surface area contributed by atoms with Crippen molar-refractivity contribution in [1.29, 1.82) is 0 Å². The Morgan fingerprint density at radius 2 is 2.10 bits per heavy atom. The Hall–Kier alpha value is -1.92. The lowest BCUT2D eigenvalue weighted by molar-refractivity contribution is -0.129. The van der Waals surface area contributed by atoms with Gasteiger partial charge in [0, 0.05) is 20.3 Å². The van der Waals surface area contributed by atoms with Crippen molar-refractivity contribution >= 4 is 45.2 Å². The van der Waals surface area contributed by atoms with Gasteiger partial charge in [0.1, 0.15) is 5.75 Å². The van der Waals surface area contributed by atoms with Gasteiger partial charge >= 0.3 is 5.97 Å². The van der Waals surface area contributed by atoms with Gasteiger partial charge in [-0.15, -0.1) is 11.3 Å². The first-order valence-corrected chi connectivity index (χ1v) is 7.74. The summed E-state index contributed by atoms with van der Waals surface area (Å²) in [6.07, 6.45) is 1.72. The molecule has 2 heterocycles. The number of aliphatic imine (C=N–C) groups is 1. The number of esters is 1. The van der Waals surface area contributed by atoms with E-state index >= 15 is 0 Å². The molecule has 0 amide bonds. The topological polar surface area (TPSA) is 47.9 Å². The fourth-order valence-corrected chi connectivity index (χ4v) is 3.17. The Bertz CT molecular complexity index is 747. The normalized spacial score (nSPS) is 16.0. The number of hydrogen-bond acceptors (Lipinski definition) is 5. The first-order valence-electron chi connectivity index (χ1n) is 6.07. The van der Waals surface area contributed by atoms with E-state index in [1.54, 1.807) is 37.5 Å². The van der Waals surface area contributed by atoms with Gasteiger partial charge in [0.05, 0.1) is 7.11 Å². The number of rotatable bonds is 3. The average Bonchev–Trinajstić information content (AvgIpc) is 3.06. The van der Waals surface area contributed by atoms with Gasteiger partial charge in [0.15, 0.2) is 5.70 Å². The second kappa shape index (κ2) is 5.83. The first kappa shape index (κ1) is 14.0. The molecule has 0 radical (unpaired) electrons. The number of methoxy groups -OCH3 is 1. The number of thiophene rings is 1. The molecule has 21 heavy (non-hydrogen) atoms. The monoisotopic (exact) mass is 363 g/mol. The third kappa shape index (κ3) is 3.06. The van der Waals surface area contributed by atoms with Crippen LogP contribution in [0.1, 0.15) is 10.4 Å². The summed E-state index contributed by atoms with van der Waals surface area (Å²) in [5, 5.41) is 1.95. The van der Waals surface area contributed by atoms with Crippen LogP contribution >= 0.6 is 27.3 Å². The maximum Gasteiger partial charge on any atom is 0.363 e. The van der Waals surface area contributed by atoms with Crippen LogP contribution in [0.25, 0.3) is 6.08 Å². The molecule has 0 spiro atoms. The van der Waals surface area contributed by atoms with Crippen LogP contribution in [0.5, 0.6) is 5.75 Å². The van der Waals surface area contributed by atoms with E-state index in [-0.39, 0.29) is 0 Å². The van der Waals surface area contributed by atoms with Crippen LogP contribution in [0.2, 0.25) is 0 Å². The molecule has 0 aliphatic carbocycles. The van der Waals surface area contributed by atoms with Gasteiger partial charge in [-0.2, -0.15) is 0 Å². The van der Waals surface area contributed by atoms with Crippen LogP contribution in [0.3, 0.4) is 0 Å². The molecule has 0 unspecified atom stereocenters. The van der Waals surface area contributed by atoms with Gasteiger partial charge in [-0.25, -0.2) is 9.79 Å². The van der Waals surface area contributed by atoms with Crippen LogP contribution < -0.4 is 4.74 Å². The van der Waals surface area contributed by atoms with Crippen molar-refractivity contribution in [3.05, 3.63) is 56.3 Å². The highest BCUT2D eigenvalue weighted by molar-refractivity contribution is 9.10. The fourth-order valence-electron chi connectivity index (χ4n) is 1.80. The summed E-state index contributed by atoms with van der Waals surface area (Å²) in [4.78, 5) is 17.0. The van der Waals surface area contributed by atoms with E-state index in [0.717, 1.165) is 20.7 Å². The minimum atomic E-state index is -0.439. The molecule has 0 fully saturated rings. The Morgan fingerprint density at radius 1 is 1.33 bits per heavy atom. The number of hydrogen-bond donors (Lipinski definition) is 0. The number of carbonyl (C=O) groups is 1. The molecule has 1 aliphatic heterocycles. The zero-order valence-corrected chi connectivity index (χ0v) is 13.4. The Labute approximate surface area is 133 Å². The van der Waals surface area contributed by atoms with Crippen LogP contribution in [0, 0.1) is 0 Å². The molecule has 106 valence electrons. The molecule has 0 N–H and O–H groups in total. The molecule has 0 atom stereocenters. The molecule has 3 rings (SSSR count). The van der Waals surface area contributed by atoms with Crippen molar-refractivity contribution in [1.82, 2.24) is 0 Å².